The van der Waals surface area contributed by atoms with Gasteiger partial charge in [0.25, 0.3) is 0 Å². The molecule has 6 aliphatic rings. The second kappa shape index (κ2) is 45.9. The Balaban J connectivity index is 0.881. The standard InChI is InChI=1S/C112H112O12P8Si8/c1-17-49-97(50-18-1)125(98-51-19-2-20-52-98)81-89-133-113-134(90-82-126(99-53-21-3-22-54-99)100-55-23-4-24-56-100)116-137(93-85-129(105-65-33-9-34-66-105)106-67-35-10-36-68-106)118-135(114-133,91-83-127(101-57-25-5-26-58-101)102-59-27-6-28-60-102)120-139(95-87-131(109-73-41-13-42-74-109)110-75-43-14-44-76-110)121-136(115-133,92-84-128(103-61-29-7-30-62-103)104-63-31-8-32-64-104)119-138(117-134,94-86-130(107-69-37-11-38-70-107)108-71-39-12-40-72-108)123-140(122-137,124-139)96-88-132(111-77-45-15-46-78-111)112-79-47-16-48-80-112/h1-80H,81-96H2. The van der Waals surface area contributed by atoms with Gasteiger partial charge in [0, 0.05) is 48.4 Å². The highest BCUT2D eigenvalue weighted by molar-refractivity contribution is 7.76. The smallest absolute Gasteiger partial charge is 0.373 e. The molecule has 6 fully saturated rings. The summed E-state index contributed by atoms with van der Waals surface area (Å²) in [6.45, 7) is 0. The van der Waals surface area contributed by atoms with E-state index in [1.54, 1.807) is 0 Å². The molecule has 28 heteroatoms. The molecule has 8 bridgehead atoms. The topological polar surface area (TPSA) is 111 Å². The van der Waals surface area contributed by atoms with Gasteiger partial charge in [-0.25, -0.2) is 0 Å². The normalized spacial score (nSPS) is 22.6. The SMILES string of the molecule is c1ccc(P(CC[Si]23O[Si]4(CCP(c5ccccc5)c5ccccc5)O[Si]5(CCP(c6ccccc6)c6ccccc6)O[Si](CCP(c6ccccc6)c6ccccc6)(O2)O[Si]2(CCP(c6ccccc6)c6ccccc6)O[Si](CCP(c6ccccc6)c6ccccc6)(O3)O[Si](CCP(c3ccccc3)c3ccccc3)(O4)O[Si](CCP(c3ccccc3)c3ccccc3)(O5)O2)c2ccccc2)cc1. The molecule has 0 radical (unpaired) electrons. The number of hydrogen-bond donors (Lipinski definition) is 0. The molecule has 704 valence electrons. The zero-order valence-electron chi connectivity index (χ0n) is 78.0. The molecule has 6 aliphatic heterocycles. The lowest BCUT2D eigenvalue weighted by Crippen LogP contribution is -2.88. The summed E-state index contributed by atoms with van der Waals surface area (Å²) < 4.78 is 114. The molecule has 6 saturated heterocycles. The lowest BCUT2D eigenvalue weighted by atomic mass is 10.4. The average Bonchev–Trinajstić information content (AvgIpc) is 0.682. The largest absolute Gasteiger partial charge is 0.479 e. The monoisotopic (exact) mass is 2120 g/mol. The average molecular weight is 2120 g/mol. The molecule has 0 spiro atoms. The van der Waals surface area contributed by atoms with Crippen LogP contribution in [0.15, 0.2) is 485 Å². The van der Waals surface area contributed by atoms with Gasteiger partial charge in [-0.15, -0.1) is 0 Å². The van der Waals surface area contributed by atoms with Gasteiger partial charge < -0.3 is 49.4 Å². The van der Waals surface area contributed by atoms with Crippen LogP contribution < -0.4 is 84.9 Å². The molecule has 0 atom stereocenters. The summed E-state index contributed by atoms with van der Waals surface area (Å²) >= 11 is 0. The molecular formula is C112H112O12P8Si8. The molecule has 0 aromatic heterocycles. The molecule has 12 nitrogen and oxygen atoms in total. The van der Waals surface area contributed by atoms with Crippen molar-refractivity contribution in [1.82, 2.24) is 0 Å². The third-order valence-electron chi connectivity index (χ3n) is 26.0. The van der Waals surface area contributed by atoms with E-state index in [2.05, 4.69) is 485 Å². The Hall–Kier alpha value is -7.78. The van der Waals surface area contributed by atoms with Crippen molar-refractivity contribution in [2.45, 2.75) is 48.4 Å². The maximum atomic E-state index is 9.46. The Morgan fingerprint density at radius 3 is 0.229 bits per heavy atom. The summed E-state index contributed by atoms with van der Waals surface area (Å²) in [5, 5.41) is 19.3. The number of hydrogen-bond acceptors (Lipinski definition) is 12. The van der Waals surface area contributed by atoms with Crippen LogP contribution in [0.1, 0.15) is 0 Å². The highest BCUT2D eigenvalue weighted by Gasteiger charge is 2.83. The van der Waals surface area contributed by atoms with E-state index in [9.17, 15) is 49.4 Å². The predicted octanol–water partition coefficient (Wildman–Crippen LogP) is 20.8. The van der Waals surface area contributed by atoms with Crippen molar-refractivity contribution in [3.8, 4) is 0 Å². The van der Waals surface area contributed by atoms with Gasteiger partial charge in [0.1, 0.15) is 0 Å². The third-order valence-corrected chi connectivity index (χ3v) is 86.2. The molecular weight excluding hydrogens is 2010 g/mol. The molecule has 0 amide bonds. The van der Waals surface area contributed by atoms with E-state index >= 15 is 0 Å². The molecule has 6 heterocycles. The first-order valence-electron chi connectivity index (χ1n) is 48.4. The second-order valence-corrected chi connectivity index (χ2v) is 78.7. The van der Waals surface area contributed by atoms with E-state index in [4.69, 9.17) is 0 Å². The molecule has 0 aliphatic carbocycles. The van der Waals surface area contributed by atoms with Gasteiger partial charge in [-0.05, 0) is 198 Å². The van der Waals surface area contributed by atoms with Crippen LogP contribution in [0.2, 0.25) is 48.4 Å². The van der Waals surface area contributed by atoms with Gasteiger partial charge in [-0.1, -0.05) is 485 Å². The molecule has 22 rings (SSSR count). The van der Waals surface area contributed by atoms with Crippen LogP contribution in [0, 0.1) is 0 Å². The molecule has 140 heavy (non-hydrogen) atoms. The van der Waals surface area contributed by atoms with Gasteiger partial charge in [0.05, 0.1) is 0 Å². The summed E-state index contributed by atoms with van der Waals surface area (Å²) in [5.74, 6) is 0. The van der Waals surface area contributed by atoms with Crippen LogP contribution in [-0.4, -0.2) is 120 Å². The van der Waals surface area contributed by atoms with Gasteiger partial charge in [0.2, 0.25) is 0 Å². The van der Waals surface area contributed by atoms with E-state index in [-0.39, 0.29) is 48.4 Å². The highest BCUT2D eigenvalue weighted by atomic mass is 31.1. The minimum atomic E-state index is -4.97. The molecule has 16 aromatic carbocycles. The fourth-order valence-electron chi connectivity index (χ4n) is 19.5. The first kappa shape index (κ1) is 98.3. The van der Waals surface area contributed by atoms with Gasteiger partial charge in [0.15, 0.2) is 0 Å². The van der Waals surface area contributed by atoms with E-state index in [0.29, 0.717) is 49.3 Å². The molecule has 0 N–H and O–H groups in total. The zero-order chi connectivity index (χ0) is 94.2. The first-order chi connectivity index (χ1) is 69.0. The minimum Gasteiger partial charge on any atom is -0.373 e. The minimum absolute atomic E-state index is 0.257. The fourth-order valence-corrected chi connectivity index (χ4v) is 96.0. The summed E-state index contributed by atoms with van der Waals surface area (Å²) in [6.07, 6.45) is 4.38. The van der Waals surface area contributed by atoms with Gasteiger partial charge >= 0.3 is 70.4 Å². The van der Waals surface area contributed by atoms with E-state index in [1.807, 2.05) is 0 Å². The van der Waals surface area contributed by atoms with Crippen LogP contribution in [0.25, 0.3) is 0 Å². The van der Waals surface area contributed by atoms with Crippen LogP contribution in [0.5, 0.6) is 0 Å². The Morgan fingerprint density at radius 1 is 0.100 bits per heavy atom. The van der Waals surface area contributed by atoms with Crippen LogP contribution in [0.3, 0.4) is 0 Å². The lowest BCUT2D eigenvalue weighted by Gasteiger charge is -2.63. The molecule has 0 saturated carbocycles. The second-order valence-electron chi connectivity index (χ2n) is 35.3. The molecule has 16 aromatic rings. The van der Waals surface area contributed by atoms with E-state index in [1.165, 1.54) is 84.9 Å². The predicted molar refractivity (Wildman–Crippen MR) is 609 cm³/mol. The van der Waals surface area contributed by atoms with Crippen LogP contribution in [-0.2, 0) is 49.4 Å². The van der Waals surface area contributed by atoms with Crippen molar-refractivity contribution in [3.05, 3.63) is 485 Å². The summed E-state index contributed by atoms with van der Waals surface area (Å²) in [5.41, 5.74) is 0. The highest BCUT2D eigenvalue weighted by Crippen LogP contribution is 2.60. The fraction of sp³-hybridized carbons (Fsp3) is 0.143. The van der Waals surface area contributed by atoms with Crippen LogP contribution >= 0.6 is 63.4 Å². The van der Waals surface area contributed by atoms with Crippen molar-refractivity contribution >= 4 is 219 Å². The summed E-state index contributed by atoms with van der Waals surface area (Å²) in [6, 6.07) is 179. The van der Waals surface area contributed by atoms with Crippen molar-refractivity contribution in [2.75, 3.05) is 49.3 Å². The Labute approximate surface area is 843 Å². The zero-order valence-corrected chi connectivity index (χ0v) is 93.1. The van der Waals surface area contributed by atoms with Gasteiger partial charge in [-0.2, -0.15) is 0 Å². The first-order valence-corrected chi connectivity index (χ1v) is 76.1. The van der Waals surface area contributed by atoms with Crippen molar-refractivity contribution < 1.29 is 49.4 Å². The van der Waals surface area contributed by atoms with Crippen molar-refractivity contribution in [3.63, 3.8) is 0 Å². The third kappa shape index (κ3) is 23.5. The number of rotatable bonds is 40. The Morgan fingerprint density at radius 2 is 0.164 bits per heavy atom. The summed E-state index contributed by atoms with van der Waals surface area (Å²) in [7, 11) is -49.5. The maximum Gasteiger partial charge on any atom is 0.479 e. The van der Waals surface area contributed by atoms with E-state index < -0.39 is 134 Å². The van der Waals surface area contributed by atoms with Crippen LogP contribution in [0.4, 0.5) is 0 Å². The quantitative estimate of drug-likeness (QED) is 0.0269. The maximum absolute atomic E-state index is 9.46. The summed E-state index contributed by atoms with van der Waals surface area (Å²) in [4.78, 5) is 0. The lowest BCUT2D eigenvalue weighted by molar-refractivity contribution is -0.0280. The van der Waals surface area contributed by atoms with Gasteiger partial charge in [-0.3, -0.25) is 0 Å². The Kier molecular flexibility index (Phi) is 32.2. The number of benzene rings is 16. The van der Waals surface area contributed by atoms with E-state index in [0.717, 1.165) is 0 Å². The Bertz CT molecular complexity index is 5000. The molecule has 0 unspecified atom stereocenters. The van der Waals surface area contributed by atoms with Crippen molar-refractivity contribution in [1.29, 1.82) is 0 Å². The van der Waals surface area contributed by atoms with Crippen molar-refractivity contribution in [2.24, 2.45) is 0 Å².